The Morgan fingerprint density at radius 3 is 2.33 bits per heavy atom. The quantitative estimate of drug-likeness (QED) is 0.611. The van der Waals surface area contributed by atoms with Crippen LogP contribution in [-0.2, 0) is 4.79 Å². The van der Waals surface area contributed by atoms with E-state index in [-0.39, 0.29) is 11.8 Å². The number of aromatic nitrogens is 2. The standard InChI is InChI=1S/C24H35N5O4/c1-7-28(8-2)23(30)17-10-9-11-29(15-17)24-25-16(3)12-21(27-24)26-18-13-19(31-4)22(33-6)20(14-18)32-5/h12-14,17H,7-11,15H2,1-6H3,(H,25,26,27). The Kier molecular flexibility index (Phi) is 8.19. The smallest absolute Gasteiger partial charge is 0.227 e. The normalized spacial score (nSPS) is 15.7. The molecule has 0 saturated carbocycles. The molecule has 9 heteroatoms. The fourth-order valence-corrected chi connectivity index (χ4v) is 4.21. The van der Waals surface area contributed by atoms with Crippen LogP contribution in [0.5, 0.6) is 17.2 Å². The highest BCUT2D eigenvalue weighted by molar-refractivity contribution is 5.79. The van der Waals surface area contributed by atoms with Gasteiger partial charge in [-0.25, -0.2) is 4.98 Å². The van der Waals surface area contributed by atoms with Gasteiger partial charge in [-0.15, -0.1) is 0 Å². The molecule has 0 spiro atoms. The minimum absolute atomic E-state index is 0.0331. The third-order valence-electron chi connectivity index (χ3n) is 5.91. The summed E-state index contributed by atoms with van der Waals surface area (Å²) in [6.07, 6.45) is 1.83. The molecule has 1 amide bonds. The molecule has 1 unspecified atom stereocenters. The predicted molar refractivity (Wildman–Crippen MR) is 129 cm³/mol. The monoisotopic (exact) mass is 457 g/mol. The van der Waals surface area contributed by atoms with E-state index in [2.05, 4.69) is 15.2 Å². The minimum atomic E-state index is -0.0331. The summed E-state index contributed by atoms with van der Waals surface area (Å²) in [6.45, 7) is 8.90. The van der Waals surface area contributed by atoms with Crippen molar-refractivity contribution >= 4 is 23.4 Å². The van der Waals surface area contributed by atoms with E-state index in [0.29, 0.717) is 35.6 Å². The Balaban J connectivity index is 1.83. The van der Waals surface area contributed by atoms with E-state index < -0.39 is 0 Å². The Hall–Kier alpha value is -3.23. The number of methoxy groups -OCH3 is 3. The average Bonchev–Trinajstić information content (AvgIpc) is 2.83. The van der Waals surface area contributed by atoms with Gasteiger partial charge in [0.2, 0.25) is 17.6 Å². The molecule has 9 nitrogen and oxygen atoms in total. The van der Waals surface area contributed by atoms with Crippen molar-refractivity contribution in [1.29, 1.82) is 0 Å². The first-order valence-corrected chi connectivity index (χ1v) is 11.4. The molecule has 1 aromatic carbocycles. The number of hydrogen-bond donors (Lipinski definition) is 1. The van der Waals surface area contributed by atoms with Gasteiger partial charge in [0.05, 0.1) is 27.2 Å². The summed E-state index contributed by atoms with van der Waals surface area (Å²) in [7, 11) is 4.74. The van der Waals surface area contributed by atoms with E-state index in [1.807, 2.05) is 43.9 Å². The van der Waals surface area contributed by atoms with Gasteiger partial charge < -0.3 is 29.3 Å². The average molecular weight is 458 g/mol. The number of carbonyl (C=O) groups is 1. The zero-order valence-electron chi connectivity index (χ0n) is 20.5. The number of nitrogens with zero attached hydrogens (tertiary/aromatic N) is 4. The third-order valence-corrected chi connectivity index (χ3v) is 5.91. The molecule has 33 heavy (non-hydrogen) atoms. The molecule has 1 aliphatic heterocycles. The van der Waals surface area contributed by atoms with E-state index in [1.165, 1.54) is 0 Å². The number of piperidine rings is 1. The van der Waals surface area contributed by atoms with Crippen LogP contribution in [0.3, 0.4) is 0 Å². The third kappa shape index (κ3) is 5.58. The van der Waals surface area contributed by atoms with Gasteiger partial charge in [-0.05, 0) is 33.6 Å². The summed E-state index contributed by atoms with van der Waals surface area (Å²) in [5.41, 5.74) is 1.59. The van der Waals surface area contributed by atoms with Crippen LogP contribution >= 0.6 is 0 Å². The van der Waals surface area contributed by atoms with Crippen molar-refractivity contribution < 1.29 is 19.0 Å². The molecule has 0 radical (unpaired) electrons. The molecule has 3 rings (SSSR count). The second-order valence-corrected chi connectivity index (χ2v) is 8.03. The van der Waals surface area contributed by atoms with Crippen molar-refractivity contribution in [3.63, 3.8) is 0 Å². The number of carbonyl (C=O) groups excluding carboxylic acids is 1. The van der Waals surface area contributed by atoms with Crippen LogP contribution < -0.4 is 24.4 Å². The van der Waals surface area contributed by atoms with Gasteiger partial charge in [0.1, 0.15) is 5.82 Å². The van der Waals surface area contributed by atoms with Crippen LogP contribution in [0, 0.1) is 12.8 Å². The molecular formula is C24H35N5O4. The zero-order chi connectivity index (χ0) is 24.0. The molecule has 0 aliphatic carbocycles. The van der Waals surface area contributed by atoms with Gasteiger partial charge in [0.15, 0.2) is 11.5 Å². The molecule has 1 fully saturated rings. The van der Waals surface area contributed by atoms with Crippen molar-refractivity contribution in [2.24, 2.45) is 5.92 Å². The molecule has 1 atom stereocenters. The summed E-state index contributed by atoms with van der Waals surface area (Å²) < 4.78 is 16.3. The van der Waals surface area contributed by atoms with E-state index >= 15 is 0 Å². The van der Waals surface area contributed by atoms with Gasteiger partial charge in [0.25, 0.3) is 0 Å². The topological polar surface area (TPSA) is 89.1 Å². The molecule has 1 aliphatic rings. The lowest BCUT2D eigenvalue weighted by atomic mass is 9.96. The number of nitrogens with one attached hydrogen (secondary N) is 1. The number of rotatable bonds is 9. The summed E-state index contributed by atoms with van der Waals surface area (Å²) in [5.74, 6) is 3.11. The van der Waals surface area contributed by atoms with Gasteiger partial charge >= 0.3 is 0 Å². The Labute approximate surface area is 196 Å². The summed E-state index contributed by atoms with van der Waals surface area (Å²) in [5, 5.41) is 3.33. The van der Waals surface area contributed by atoms with E-state index in [9.17, 15) is 4.79 Å². The molecular weight excluding hydrogens is 422 g/mol. The number of anilines is 3. The van der Waals surface area contributed by atoms with Crippen molar-refractivity contribution in [1.82, 2.24) is 14.9 Å². The molecule has 180 valence electrons. The highest BCUT2D eigenvalue weighted by Crippen LogP contribution is 2.40. The largest absolute Gasteiger partial charge is 0.493 e. The number of aryl methyl sites for hydroxylation is 1. The second kappa shape index (κ2) is 11.1. The van der Waals surface area contributed by atoms with Crippen molar-refractivity contribution in [2.75, 3.05) is 57.7 Å². The lowest BCUT2D eigenvalue weighted by Gasteiger charge is -2.34. The SMILES string of the molecule is CCN(CC)C(=O)C1CCCN(c2nc(C)cc(Nc3cc(OC)c(OC)c(OC)c3)n2)C1. The first-order chi connectivity index (χ1) is 15.9. The van der Waals surface area contributed by atoms with E-state index in [0.717, 1.165) is 43.9 Å². The molecule has 0 bridgehead atoms. The first-order valence-electron chi connectivity index (χ1n) is 11.4. The van der Waals surface area contributed by atoms with Gasteiger partial charge in [-0.1, -0.05) is 0 Å². The maximum Gasteiger partial charge on any atom is 0.227 e. The van der Waals surface area contributed by atoms with Crippen LogP contribution in [-0.4, -0.2) is 68.3 Å². The summed E-state index contributed by atoms with van der Waals surface area (Å²) in [4.78, 5) is 26.3. The van der Waals surface area contributed by atoms with Crippen LogP contribution in [0.2, 0.25) is 0 Å². The minimum Gasteiger partial charge on any atom is -0.493 e. The fraction of sp³-hybridized carbons (Fsp3) is 0.542. The van der Waals surface area contributed by atoms with Gasteiger partial charge in [0, 0.05) is 55.8 Å². The molecule has 1 saturated heterocycles. The maximum atomic E-state index is 12.9. The van der Waals surface area contributed by atoms with Gasteiger partial charge in [-0.3, -0.25) is 4.79 Å². The predicted octanol–water partition coefficient (Wildman–Crippen LogP) is 3.64. The fourth-order valence-electron chi connectivity index (χ4n) is 4.21. The number of amides is 1. The van der Waals surface area contributed by atoms with Crippen molar-refractivity contribution in [3.05, 3.63) is 23.9 Å². The number of hydrogen-bond acceptors (Lipinski definition) is 8. The van der Waals surface area contributed by atoms with Crippen molar-refractivity contribution in [2.45, 2.75) is 33.6 Å². The zero-order valence-corrected chi connectivity index (χ0v) is 20.5. The second-order valence-electron chi connectivity index (χ2n) is 8.03. The van der Waals surface area contributed by atoms with E-state index in [4.69, 9.17) is 19.2 Å². The Morgan fingerprint density at radius 1 is 1.09 bits per heavy atom. The first kappa shape index (κ1) is 24.4. The van der Waals surface area contributed by atoms with Crippen molar-refractivity contribution in [3.8, 4) is 17.2 Å². The Bertz CT molecular complexity index is 939. The van der Waals surface area contributed by atoms with Crippen LogP contribution in [0.15, 0.2) is 18.2 Å². The molecule has 1 N–H and O–H groups in total. The summed E-state index contributed by atoms with van der Waals surface area (Å²) >= 11 is 0. The highest BCUT2D eigenvalue weighted by atomic mass is 16.5. The highest BCUT2D eigenvalue weighted by Gasteiger charge is 2.29. The lowest BCUT2D eigenvalue weighted by Crippen LogP contribution is -2.45. The van der Waals surface area contributed by atoms with Crippen LogP contribution in [0.25, 0.3) is 0 Å². The molecule has 2 heterocycles. The summed E-state index contributed by atoms with van der Waals surface area (Å²) in [6, 6.07) is 5.55. The van der Waals surface area contributed by atoms with Crippen LogP contribution in [0.1, 0.15) is 32.4 Å². The number of benzene rings is 1. The maximum absolute atomic E-state index is 12.9. The lowest BCUT2D eigenvalue weighted by molar-refractivity contribution is -0.135. The van der Waals surface area contributed by atoms with Gasteiger partial charge in [-0.2, -0.15) is 4.98 Å². The molecule has 1 aromatic heterocycles. The van der Waals surface area contributed by atoms with Crippen LogP contribution in [0.4, 0.5) is 17.5 Å². The Morgan fingerprint density at radius 2 is 1.76 bits per heavy atom. The molecule has 2 aromatic rings. The number of ether oxygens (including phenoxy) is 3. The van der Waals surface area contributed by atoms with E-state index in [1.54, 1.807) is 21.3 Å².